The number of aryl methyl sites for hydroxylation is 1. The van der Waals surface area contributed by atoms with Gasteiger partial charge in [-0.25, -0.2) is 4.89 Å². The number of esters is 2. The molecule has 1 aromatic rings. The van der Waals surface area contributed by atoms with E-state index < -0.39 is 31.6 Å². The van der Waals surface area contributed by atoms with Crippen molar-refractivity contribution in [3.8, 4) is 0 Å². The summed E-state index contributed by atoms with van der Waals surface area (Å²) in [5.41, 5.74) is -0.147. The second kappa shape index (κ2) is 16.5. The summed E-state index contributed by atoms with van der Waals surface area (Å²) in [6, 6.07) is 13.7. The third kappa shape index (κ3) is 11.4. The molecule has 1 aliphatic heterocycles. The molecule has 0 amide bonds. The number of rotatable bonds is 20. The van der Waals surface area contributed by atoms with Crippen LogP contribution in [0, 0.1) is 0 Å². The average Bonchev–Trinajstić information content (AvgIpc) is 3.18. The molecule has 1 unspecified atom stereocenters. The zero-order valence-corrected chi connectivity index (χ0v) is 26.5. The molecule has 1 saturated heterocycles. The van der Waals surface area contributed by atoms with Crippen molar-refractivity contribution in [3.63, 3.8) is 0 Å². The minimum Gasteiger partial charge on any atom is -0.458 e. The van der Waals surface area contributed by atoms with Gasteiger partial charge in [0.1, 0.15) is 11.2 Å². The number of ether oxygens (including phenoxy) is 2. The Bertz CT molecular complexity index is 849. The van der Waals surface area contributed by atoms with Crippen molar-refractivity contribution in [2.24, 2.45) is 0 Å². The van der Waals surface area contributed by atoms with Crippen molar-refractivity contribution >= 4 is 20.3 Å². The Balaban J connectivity index is 1.85. The van der Waals surface area contributed by atoms with Crippen LogP contribution in [0.3, 0.4) is 0 Å². The normalized spacial score (nSPS) is 21.0. The Morgan fingerprint density at radius 1 is 0.974 bits per heavy atom. The van der Waals surface area contributed by atoms with Crippen LogP contribution in [0.25, 0.3) is 0 Å². The zero-order valence-electron chi connectivity index (χ0n) is 25.5. The van der Waals surface area contributed by atoms with Gasteiger partial charge in [-0.05, 0) is 56.8 Å². The van der Waals surface area contributed by atoms with Crippen LogP contribution >= 0.6 is 0 Å². The van der Waals surface area contributed by atoms with Gasteiger partial charge in [-0.2, -0.15) is 0 Å². The summed E-state index contributed by atoms with van der Waals surface area (Å²) in [6.07, 6.45) is 11.6. The lowest BCUT2D eigenvalue weighted by atomic mass is 9.82. The predicted molar refractivity (Wildman–Crippen MR) is 159 cm³/mol. The number of cyclic esters (lactones) is 1. The molecule has 0 radical (unpaired) electrons. The number of unbranched alkanes of at least 4 members (excludes halogenated alkanes) is 7. The smallest absolute Gasteiger partial charge is 0.310 e. The highest BCUT2D eigenvalue weighted by molar-refractivity contribution is 6.73. The first-order valence-electron chi connectivity index (χ1n) is 15.4. The molecule has 6 nitrogen and oxygen atoms in total. The van der Waals surface area contributed by atoms with Gasteiger partial charge in [-0.15, -0.1) is 0 Å². The number of benzene rings is 1. The van der Waals surface area contributed by atoms with Crippen molar-refractivity contribution in [1.29, 1.82) is 0 Å². The summed E-state index contributed by atoms with van der Waals surface area (Å²) in [5, 5.41) is 0. The lowest BCUT2D eigenvalue weighted by Gasteiger charge is -2.40. The Morgan fingerprint density at radius 2 is 1.54 bits per heavy atom. The SMILES string of the molecule is CC[Si](CC)(CC)OOC(C)(CCCCCCCCCCc1ccccc1)C[C@@]1(C)OC(=O)C[C@H]1OC(C)=O. The predicted octanol–water partition coefficient (Wildman–Crippen LogP) is 8.48. The van der Waals surface area contributed by atoms with Crippen molar-refractivity contribution in [1.82, 2.24) is 0 Å². The summed E-state index contributed by atoms with van der Waals surface area (Å²) in [5.74, 6) is -0.743. The molecule has 1 heterocycles. The van der Waals surface area contributed by atoms with Gasteiger partial charge in [0, 0.05) is 13.3 Å². The van der Waals surface area contributed by atoms with E-state index in [2.05, 4.69) is 58.0 Å². The molecule has 0 spiro atoms. The monoisotopic (exact) mass is 562 g/mol. The summed E-state index contributed by atoms with van der Waals surface area (Å²) in [4.78, 5) is 30.2. The second-order valence-electron chi connectivity index (χ2n) is 11.9. The van der Waals surface area contributed by atoms with Crippen molar-refractivity contribution in [2.45, 2.75) is 154 Å². The van der Waals surface area contributed by atoms with E-state index in [-0.39, 0.29) is 12.4 Å². The van der Waals surface area contributed by atoms with Gasteiger partial charge in [0.05, 0.1) is 6.42 Å². The molecule has 1 aromatic carbocycles. The number of carbonyl (C=O) groups excluding carboxylic acids is 2. The summed E-state index contributed by atoms with van der Waals surface area (Å²) in [7, 11) is -1.98. The molecule has 3 atom stereocenters. The van der Waals surface area contributed by atoms with Crippen LogP contribution in [-0.4, -0.2) is 37.6 Å². The lowest BCUT2D eigenvalue weighted by molar-refractivity contribution is -0.312. The van der Waals surface area contributed by atoms with Crippen LogP contribution in [0.15, 0.2) is 30.3 Å². The first kappa shape index (κ1) is 33.5. The molecule has 0 aromatic heterocycles. The summed E-state index contributed by atoms with van der Waals surface area (Å²) in [6.45, 7) is 11.8. The molecule has 39 heavy (non-hydrogen) atoms. The van der Waals surface area contributed by atoms with Crippen molar-refractivity contribution in [2.75, 3.05) is 0 Å². The Hall–Kier alpha value is -1.70. The van der Waals surface area contributed by atoms with Crippen molar-refractivity contribution < 1.29 is 28.5 Å². The average molecular weight is 563 g/mol. The standard InChI is InChI=1S/C32H54O6Si/c1-7-39(8-2,9-3)38-37-31(5,26-32(6)29(35-27(4)33)25-30(34)36-32)24-20-15-13-11-10-12-14-17-21-28-22-18-16-19-23-28/h16,18-19,22-23,29H,7-15,17,20-21,24-26H2,1-6H3/t29-,31?,32-/m1/s1. The molecule has 2 rings (SSSR count). The first-order valence-corrected chi connectivity index (χ1v) is 17.9. The van der Waals surface area contributed by atoms with Crippen molar-refractivity contribution in [3.05, 3.63) is 35.9 Å². The van der Waals surface area contributed by atoms with E-state index in [1.54, 1.807) is 0 Å². The van der Waals surface area contributed by atoms with Gasteiger partial charge < -0.3 is 9.47 Å². The van der Waals surface area contributed by atoms with Crippen LogP contribution in [0.4, 0.5) is 0 Å². The van der Waals surface area contributed by atoms with E-state index >= 15 is 0 Å². The van der Waals surface area contributed by atoms with Crippen LogP contribution in [-0.2, 0) is 34.9 Å². The van der Waals surface area contributed by atoms with E-state index in [1.807, 2.05) is 6.92 Å². The van der Waals surface area contributed by atoms with E-state index in [0.29, 0.717) is 6.42 Å². The topological polar surface area (TPSA) is 71.1 Å². The molecular formula is C32H54O6Si. The van der Waals surface area contributed by atoms with E-state index in [9.17, 15) is 9.59 Å². The molecule has 7 heteroatoms. The lowest BCUT2D eigenvalue weighted by Crippen LogP contribution is -2.48. The van der Waals surface area contributed by atoms with Crippen LogP contribution in [0.1, 0.15) is 118 Å². The largest absolute Gasteiger partial charge is 0.458 e. The van der Waals surface area contributed by atoms with Gasteiger partial charge >= 0.3 is 11.9 Å². The molecule has 1 fully saturated rings. The highest BCUT2D eigenvalue weighted by atomic mass is 28.4. The highest BCUT2D eigenvalue weighted by Crippen LogP contribution is 2.40. The molecule has 1 aliphatic rings. The first-order chi connectivity index (χ1) is 18.6. The van der Waals surface area contributed by atoms with Crippen LogP contribution in [0.2, 0.25) is 18.1 Å². The number of hydrogen-bond acceptors (Lipinski definition) is 6. The van der Waals surface area contributed by atoms with Gasteiger partial charge in [0.2, 0.25) is 8.32 Å². The molecule has 0 aliphatic carbocycles. The zero-order chi connectivity index (χ0) is 28.8. The van der Waals surface area contributed by atoms with Gasteiger partial charge in [-0.1, -0.05) is 96.0 Å². The molecular weight excluding hydrogens is 508 g/mol. The quantitative estimate of drug-likeness (QED) is 0.0522. The fourth-order valence-electron chi connectivity index (χ4n) is 5.80. The van der Waals surface area contributed by atoms with Gasteiger partial charge in [0.25, 0.3) is 0 Å². The minimum atomic E-state index is -1.98. The van der Waals surface area contributed by atoms with E-state index in [4.69, 9.17) is 18.9 Å². The summed E-state index contributed by atoms with van der Waals surface area (Å²) < 4.78 is 17.5. The summed E-state index contributed by atoms with van der Waals surface area (Å²) >= 11 is 0. The molecule has 0 N–H and O–H groups in total. The molecule has 0 bridgehead atoms. The van der Waals surface area contributed by atoms with Crippen LogP contribution in [0.5, 0.6) is 0 Å². The fraction of sp³-hybridized carbons (Fsp3) is 0.750. The highest BCUT2D eigenvalue weighted by Gasteiger charge is 2.52. The maximum atomic E-state index is 12.2. The molecule has 0 saturated carbocycles. The van der Waals surface area contributed by atoms with E-state index in [1.165, 1.54) is 57.4 Å². The maximum absolute atomic E-state index is 12.2. The number of carbonyl (C=O) groups is 2. The second-order valence-corrected chi connectivity index (χ2v) is 16.6. The Kier molecular flexibility index (Phi) is 14.2. The third-order valence-electron chi connectivity index (χ3n) is 8.53. The Morgan fingerprint density at radius 3 is 2.10 bits per heavy atom. The number of hydrogen-bond donors (Lipinski definition) is 0. The van der Waals surface area contributed by atoms with Gasteiger partial charge in [0.15, 0.2) is 6.10 Å². The third-order valence-corrected chi connectivity index (χ3v) is 12.8. The minimum absolute atomic E-state index is 0.0793. The molecule has 222 valence electrons. The Labute approximate surface area is 238 Å². The van der Waals surface area contributed by atoms with E-state index in [0.717, 1.165) is 37.4 Å². The van der Waals surface area contributed by atoms with Crippen LogP contribution < -0.4 is 0 Å². The fourth-order valence-corrected chi connectivity index (χ4v) is 8.03. The van der Waals surface area contributed by atoms with Gasteiger partial charge in [-0.3, -0.25) is 14.2 Å². The maximum Gasteiger partial charge on any atom is 0.310 e.